The molecule has 9 heteroatoms. The van der Waals surface area contributed by atoms with E-state index in [4.69, 9.17) is 9.47 Å². The minimum Gasteiger partial charge on any atom is -0.494 e. The molecular formula is C29H35N3O6. The zero-order chi connectivity index (χ0) is 27.1. The van der Waals surface area contributed by atoms with E-state index in [1.54, 1.807) is 31.2 Å². The van der Waals surface area contributed by atoms with Gasteiger partial charge < -0.3 is 30.1 Å². The highest BCUT2D eigenvalue weighted by Gasteiger charge is 2.78. The smallest absolute Gasteiger partial charge is 0.246 e. The monoisotopic (exact) mass is 521 g/mol. The van der Waals surface area contributed by atoms with Gasteiger partial charge in [0.1, 0.15) is 17.4 Å². The molecule has 3 aliphatic rings. The Morgan fingerprint density at radius 1 is 1.13 bits per heavy atom. The van der Waals surface area contributed by atoms with Crippen molar-refractivity contribution in [3.63, 3.8) is 0 Å². The van der Waals surface area contributed by atoms with Crippen molar-refractivity contribution in [2.75, 3.05) is 18.5 Å². The summed E-state index contributed by atoms with van der Waals surface area (Å²) in [6.45, 7) is 5.99. The quantitative estimate of drug-likeness (QED) is 0.467. The number of carbonyl (C=O) groups is 3. The van der Waals surface area contributed by atoms with Crippen molar-refractivity contribution in [2.45, 2.75) is 63.4 Å². The van der Waals surface area contributed by atoms with E-state index in [2.05, 4.69) is 10.6 Å². The van der Waals surface area contributed by atoms with Gasteiger partial charge in [-0.2, -0.15) is 0 Å². The van der Waals surface area contributed by atoms with Crippen LogP contribution in [0, 0.1) is 11.8 Å². The van der Waals surface area contributed by atoms with Crippen molar-refractivity contribution in [3.8, 4) is 5.75 Å². The molecule has 3 heterocycles. The number of carbonyl (C=O) groups excluding carboxylic acids is 3. The first-order valence-corrected chi connectivity index (χ1v) is 13.2. The van der Waals surface area contributed by atoms with Crippen LogP contribution in [0.4, 0.5) is 5.69 Å². The number of nitrogens with zero attached hydrogens (tertiary/aromatic N) is 1. The molecule has 2 bridgehead atoms. The van der Waals surface area contributed by atoms with Gasteiger partial charge in [-0.25, -0.2) is 0 Å². The van der Waals surface area contributed by atoms with Gasteiger partial charge in [0.25, 0.3) is 0 Å². The average Bonchev–Trinajstić information content (AvgIpc) is 3.49. The molecule has 2 unspecified atom stereocenters. The van der Waals surface area contributed by atoms with Crippen molar-refractivity contribution < 1.29 is 29.0 Å². The highest BCUT2D eigenvalue weighted by molar-refractivity contribution is 6.02. The number of aliphatic hydroxyl groups is 1. The number of likely N-dealkylation sites (tertiary alicyclic amines) is 1. The molecule has 1 spiro atoms. The minimum absolute atomic E-state index is 0.297. The number of benzene rings is 2. The number of hydrogen-bond acceptors (Lipinski definition) is 6. The Kier molecular flexibility index (Phi) is 6.92. The Bertz CT molecular complexity index is 1200. The summed E-state index contributed by atoms with van der Waals surface area (Å²) in [5.74, 6) is -1.91. The van der Waals surface area contributed by atoms with E-state index in [-0.39, 0.29) is 24.3 Å². The summed E-state index contributed by atoms with van der Waals surface area (Å²) < 4.78 is 12.1. The number of ether oxygens (including phenoxy) is 2. The van der Waals surface area contributed by atoms with Crippen LogP contribution in [0.3, 0.4) is 0 Å². The van der Waals surface area contributed by atoms with Crippen molar-refractivity contribution >= 4 is 23.4 Å². The second-order valence-corrected chi connectivity index (χ2v) is 10.7. The van der Waals surface area contributed by atoms with Gasteiger partial charge in [0.15, 0.2) is 0 Å². The Morgan fingerprint density at radius 2 is 1.84 bits per heavy atom. The Labute approximate surface area is 222 Å². The van der Waals surface area contributed by atoms with Crippen LogP contribution < -0.4 is 15.4 Å². The molecular weight excluding hydrogens is 486 g/mol. The van der Waals surface area contributed by atoms with Crippen LogP contribution in [-0.4, -0.2) is 64.2 Å². The number of anilines is 1. The van der Waals surface area contributed by atoms with Gasteiger partial charge in [-0.1, -0.05) is 30.3 Å². The van der Waals surface area contributed by atoms with E-state index in [9.17, 15) is 19.5 Å². The molecule has 2 aromatic carbocycles. The number of amides is 3. The first-order chi connectivity index (χ1) is 18.2. The summed E-state index contributed by atoms with van der Waals surface area (Å²) in [5, 5.41) is 15.9. The fraction of sp³-hybridized carbons (Fsp3) is 0.483. The predicted octanol–water partition coefficient (Wildman–Crippen LogP) is 2.49. The normalized spacial score (nSPS) is 30.2. The van der Waals surface area contributed by atoms with E-state index < -0.39 is 35.1 Å². The maximum atomic E-state index is 13.9. The largest absolute Gasteiger partial charge is 0.494 e. The number of hydrogen-bond donors (Lipinski definition) is 3. The summed E-state index contributed by atoms with van der Waals surface area (Å²) in [6.07, 6.45) is 1.02. The van der Waals surface area contributed by atoms with Crippen LogP contribution >= 0.6 is 0 Å². The molecule has 3 saturated heterocycles. The third-order valence-corrected chi connectivity index (χ3v) is 8.23. The van der Waals surface area contributed by atoms with Crippen LogP contribution in [0.1, 0.15) is 39.2 Å². The molecule has 0 saturated carbocycles. The van der Waals surface area contributed by atoms with E-state index >= 15 is 0 Å². The van der Waals surface area contributed by atoms with Gasteiger partial charge in [-0.05, 0) is 63.4 Å². The fourth-order valence-corrected chi connectivity index (χ4v) is 6.53. The Morgan fingerprint density at radius 3 is 2.50 bits per heavy atom. The van der Waals surface area contributed by atoms with Gasteiger partial charge in [-0.3, -0.25) is 14.4 Å². The predicted molar refractivity (Wildman–Crippen MR) is 140 cm³/mol. The van der Waals surface area contributed by atoms with Crippen molar-refractivity contribution in [1.82, 2.24) is 10.2 Å². The maximum Gasteiger partial charge on any atom is 0.246 e. The Hall–Kier alpha value is -3.43. The number of rotatable bonds is 9. The molecule has 3 aliphatic heterocycles. The summed E-state index contributed by atoms with van der Waals surface area (Å²) in [4.78, 5) is 42.8. The zero-order valence-corrected chi connectivity index (χ0v) is 22.0. The second kappa shape index (κ2) is 10.0. The lowest BCUT2D eigenvalue weighted by Gasteiger charge is -2.35. The summed E-state index contributed by atoms with van der Waals surface area (Å²) in [5.41, 5.74) is -0.516. The van der Waals surface area contributed by atoms with Crippen LogP contribution in [0.15, 0.2) is 54.6 Å². The lowest BCUT2D eigenvalue weighted by atomic mass is 9.66. The van der Waals surface area contributed by atoms with Gasteiger partial charge in [0.2, 0.25) is 17.7 Å². The number of nitrogens with one attached hydrogen (secondary N) is 2. The van der Waals surface area contributed by atoms with Gasteiger partial charge in [0.05, 0.1) is 36.7 Å². The Balaban J connectivity index is 1.43. The first-order valence-electron chi connectivity index (χ1n) is 13.2. The van der Waals surface area contributed by atoms with Crippen molar-refractivity contribution in [1.29, 1.82) is 0 Å². The van der Waals surface area contributed by atoms with Crippen LogP contribution in [0.5, 0.6) is 5.75 Å². The number of fused-ring (bicyclic) bond motifs is 1. The lowest BCUT2D eigenvalue weighted by molar-refractivity contribution is -0.148. The third kappa shape index (κ3) is 4.23. The van der Waals surface area contributed by atoms with E-state index in [0.29, 0.717) is 37.4 Å². The second-order valence-electron chi connectivity index (χ2n) is 10.7. The molecule has 0 aliphatic carbocycles. The summed E-state index contributed by atoms with van der Waals surface area (Å²) in [7, 11) is 0. The fourth-order valence-electron chi connectivity index (χ4n) is 6.53. The topological polar surface area (TPSA) is 117 Å². The molecule has 0 aromatic heterocycles. The molecule has 202 valence electrons. The summed E-state index contributed by atoms with van der Waals surface area (Å²) >= 11 is 0. The highest BCUT2D eigenvalue weighted by atomic mass is 16.5. The van der Waals surface area contributed by atoms with Crippen molar-refractivity contribution in [2.24, 2.45) is 11.8 Å². The van der Waals surface area contributed by atoms with E-state index in [1.807, 2.05) is 44.2 Å². The third-order valence-electron chi connectivity index (χ3n) is 8.23. The number of aliphatic hydroxyl groups excluding tert-OH is 1. The molecule has 2 aromatic rings. The molecule has 0 radical (unpaired) electrons. The van der Waals surface area contributed by atoms with E-state index in [0.717, 1.165) is 5.56 Å². The maximum absolute atomic E-state index is 13.9. The van der Waals surface area contributed by atoms with Crippen LogP contribution in [0.2, 0.25) is 0 Å². The zero-order valence-electron chi connectivity index (χ0n) is 22.0. The first kappa shape index (κ1) is 26.2. The van der Waals surface area contributed by atoms with Gasteiger partial charge in [-0.15, -0.1) is 0 Å². The molecule has 38 heavy (non-hydrogen) atoms. The minimum atomic E-state index is -1.14. The van der Waals surface area contributed by atoms with Crippen LogP contribution in [-0.2, 0) is 25.7 Å². The molecule has 9 nitrogen and oxygen atoms in total. The van der Waals surface area contributed by atoms with Gasteiger partial charge in [0, 0.05) is 12.2 Å². The van der Waals surface area contributed by atoms with Crippen LogP contribution in [0.25, 0.3) is 0 Å². The molecule has 5 rings (SSSR count). The summed E-state index contributed by atoms with van der Waals surface area (Å²) in [6, 6.07) is 15.0. The molecule has 3 N–H and O–H groups in total. The molecule has 3 amide bonds. The van der Waals surface area contributed by atoms with Crippen molar-refractivity contribution in [3.05, 3.63) is 60.2 Å². The average molecular weight is 522 g/mol. The lowest BCUT2D eigenvalue weighted by Crippen LogP contribution is -2.57. The molecule has 3 fully saturated rings. The van der Waals surface area contributed by atoms with E-state index in [1.165, 1.54) is 4.90 Å². The molecule has 6 atom stereocenters. The highest BCUT2D eigenvalue weighted by Crippen LogP contribution is 2.63. The SMILES string of the molecule is CCOc1ccc(NC(=O)[C@@H]2[C@H]3C(=O)N([C@H](C)CO)C(C(=O)NCc4ccccc4)C34CC[C@@]2(C)O4)cc1. The standard InChI is InChI=1S/C29H35N3O6/c1-4-37-21-12-10-20(11-13-21)31-25(34)22-23-27(36)32(18(2)17-33)24(29(23)15-14-28(22,3)38-29)26(35)30-16-19-8-6-5-7-9-19/h5-13,18,22-24,33H,4,14-17H2,1-3H3,(H,30,35)(H,31,34)/t18-,22+,23+,24?,28-,29?/m1/s1. The van der Waals surface area contributed by atoms with Gasteiger partial charge >= 0.3 is 0 Å².